The highest BCUT2D eigenvalue weighted by Gasteiger charge is 2.42. The van der Waals surface area contributed by atoms with Gasteiger partial charge in [-0.15, -0.1) is 0 Å². The molecule has 0 unspecified atom stereocenters. The number of rotatable bonds is 2. The van der Waals surface area contributed by atoms with Crippen LogP contribution >= 0.6 is 15.9 Å². The van der Waals surface area contributed by atoms with Gasteiger partial charge in [0.15, 0.2) is 0 Å². The Bertz CT molecular complexity index is 489. The predicted octanol–water partition coefficient (Wildman–Crippen LogP) is 1.78. The normalized spacial score (nSPS) is 23.1. The third kappa shape index (κ3) is 2.38. The number of carbonyl (C=O) groups excluding carboxylic acids is 1. The number of hydrogen-bond acceptors (Lipinski definition) is 3. The van der Waals surface area contributed by atoms with Crippen molar-refractivity contribution in [3.05, 3.63) is 28.5 Å². The summed E-state index contributed by atoms with van der Waals surface area (Å²) in [6.07, 6.45) is 2.03. The van der Waals surface area contributed by atoms with E-state index in [-0.39, 0.29) is 12.5 Å². The summed E-state index contributed by atoms with van der Waals surface area (Å²) >= 11 is 3.25. The molecule has 0 aliphatic carbocycles. The molecule has 6 heteroatoms. The molecule has 1 atom stereocenters. The van der Waals surface area contributed by atoms with Crippen LogP contribution in [0.25, 0.3) is 0 Å². The summed E-state index contributed by atoms with van der Waals surface area (Å²) in [4.78, 5) is 28.8. The number of hydrogen-bond donors (Lipinski definition) is 1. The Morgan fingerprint density at radius 3 is 2.72 bits per heavy atom. The first-order valence-electron chi connectivity index (χ1n) is 5.57. The van der Waals surface area contributed by atoms with Gasteiger partial charge in [-0.05, 0) is 41.4 Å². The van der Waals surface area contributed by atoms with Gasteiger partial charge in [-0.2, -0.15) is 0 Å². The number of nitrogens with zero attached hydrogens (tertiary/aromatic N) is 2. The summed E-state index contributed by atoms with van der Waals surface area (Å²) in [6.45, 7) is 2.36. The van der Waals surface area contributed by atoms with E-state index >= 15 is 0 Å². The van der Waals surface area contributed by atoms with Crippen LogP contribution in [0.1, 0.15) is 23.8 Å². The number of pyridine rings is 1. The van der Waals surface area contributed by atoms with Crippen LogP contribution in [0.15, 0.2) is 22.8 Å². The molecule has 18 heavy (non-hydrogen) atoms. The van der Waals surface area contributed by atoms with E-state index < -0.39 is 11.4 Å². The number of amides is 1. The minimum Gasteiger partial charge on any atom is -0.481 e. The maximum Gasteiger partial charge on any atom is 0.311 e. The Kier molecular flexibility index (Phi) is 3.38. The van der Waals surface area contributed by atoms with Gasteiger partial charge in [0.25, 0.3) is 5.91 Å². The second-order valence-electron chi connectivity index (χ2n) is 4.70. The van der Waals surface area contributed by atoms with Crippen molar-refractivity contribution >= 4 is 27.8 Å². The van der Waals surface area contributed by atoms with Crippen molar-refractivity contribution in [3.8, 4) is 0 Å². The smallest absolute Gasteiger partial charge is 0.311 e. The minimum atomic E-state index is -0.860. The van der Waals surface area contributed by atoms with Crippen LogP contribution in [0.5, 0.6) is 0 Å². The summed E-state index contributed by atoms with van der Waals surface area (Å²) in [7, 11) is 0. The molecule has 0 saturated carbocycles. The number of aromatic nitrogens is 1. The second-order valence-corrected chi connectivity index (χ2v) is 5.62. The molecule has 1 N–H and O–H groups in total. The Morgan fingerprint density at radius 2 is 2.22 bits per heavy atom. The maximum atomic E-state index is 12.1. The lowest BCUT2D eigenvalue weighted by molar-refractivity contribution is -0.147. The maximum absolute atomic E-state index is 12.1. The lowest BCUT2D eigenvalue weighted by Crippen LogP contribution is -2.35. The van der Waals surface area contributed by atoms with Crippen molar-refractivity contribution in [2.75, 3.05) is 13.1 Å². The van der Waals surface area contributed by atoms with Crippen molar-refractivity contribution in [2.45, 2.75) is 13.3 Å². The van der Waals surface area contributed by atoms with E-state index in [4.69, 9.17) is 5.11 Å². The molecule has 1 aliphatic rings. The van der Waals surface area contributed by atoms with Gasteiger partial charge in [0.2, 0.25) is 0 Å². The quantitative estimate of drug-likeness (QED) is 0.903. The average Bonchev–Trinajstić information content (AvgIpc) is 2.73. The zero-order valence-corrected chi connectivity index (χ0v) is 11.5. The first kappa shape index (κ1) is 13.0. The predicted molar refractivity (Wildman–Crippen MR) is 68.2 cm³/mol. The first-order valence-corrected chi connectivity index (χ1v) is 6.36. The van der Waals surface area contributed by atoms with Crippen molar-refractivity contribution in [1.82, 2.24) is 9.88 Å². The summed E-state index contributed by atoms with van der Waals surface area (Å²) in [6, 6.07) is 3.37. The average molecular weight is 313 g/mol. The van der Waals surface area contributed by atoms with E-state index in [0.29, 0.717) is 18.7 Å². The summed E-state index contributed by atoms with van der Waals surface area (Å²) in [5, 5.41) is 9.12. The summed E-state index contributed by atoms with van der Waals surface area (Å²) < 4.78 is 0.802. The van der Waals surface area contributed by atoms with Crippen molar-refractivity contribution < 1.29 is 14.7 Å². The topological polar surface area (TPSA) is 70.5 Å². The van der Waals surface area contributed by atoms with Crippen molar-refractivity contribution in [2.24, 2.45) is 5.41 Å². The van der Waals surface area contributed by atoms with E-state index in [1.165, 1.54) is 0 Å². The number of aliphatic carboxylic acids is 1. The van der Waals surface area contributed by atoms with Gasteiger partial charge >= 0.3 is 5.97 Å². The largest absolute Gasteiger partial charge is 0.481 e. The van der Waals surface area contributed by atoms with Gasteiger partial charge in [-0.25, -0.2) is 4.98 Å². The highest BCUT2D eigenvalue weighted by atomic mass is 79.9. The van der Waals surface area contributed by atoms with E-state index in [0.717, 1.165) is 4.47 Å². The van der Waals surface area contributed by atoms with Gasteiger partial charge in [-0.1, -0.05) is 0 Å². The molecule has 96 valence electrons. The van der Waals surface area contributed by atoms with Crippen LogP contribution in [-0.2, 0) is 4.79 Å². The highest BCUT2D eigenvalue weighted by Crippen LogP contribution is 2.30. The third-order valence-electron chi connectivity index (χ3n) is 3.22. The van der Waals surface area contributed by atoms with E-state index in [1.54, 1.807) is 30.2 Å². The Morgan fingerprint density at radius 1 is 1.50 bits per heavy atom. The molecule has 1 saturated heterocycles. The van der Waals surface area contributed by atoms with Gasteiger partial charge in [0, 0.05) is 23.8 Å². The first-order chi connectivity index (χ1) is 8.42. The van der Waals surface area contributed by atoms with E-state index in [1.807, 2.05) is 0 Å². The Hall–Kier alpha value is -1.43. The molecule has 2 heterocycles. The van der Waals surface area contributed by atoms with Crippen LogP contribution in [0.3, 0.4) is 0 Å². The van der Waals surface area contributed by atoms with Crippen molar-refractivity contribution in [3.63, 3.8) is 0 Å². The van der Waals surface area contributed by atoms with Crippen molar-refractivity contribution in [1.29, 1.82) is 0 Å². The number of carboxylic acids is 1. The molecule has 5 nitrogen and oxygen atoms in total. The van der Waals surface area contributed by atoms with Crippen LogP contribution < -0.4 is 0 Å². The lowest BCUT2D eigenvalue weighted by Gasteiger charge is -2.19. The SMILES string of the molecule is C[C@@]1(C(=O)O)CCN(C(=O)c2ccc(Br)cn2)C1. The molecule has 1 aromatic rings. The highest BCUT2D eigenvalue weighted by molar-refractivity contribution is 9.10. The molecular formula is C12H13BrN2O3. The fraction of sp³-hybridized carbons (Fsp3) is 0.417. The Balaban J connectivity index is 2.12. The molecule has 1 aliphatic heterocycles. The fourth-order valence-electron chi connectivity index (χ4n) is 1.97. The number of carbonyl (C=O) groups is 2. The molecular weight excluding hydrogens is 300 g/mol. The van der Waals surface area contributed by atoms with Gasteiger partial charge in [0.1, 0.15) is 5.69 Å². The third-order valence-corrected chi connectivity index (χ3v) is 3.69. The number of halogens is 1. The van der Waals surface area contributed by atoms with Crippen LogP contribution in [0.4, 0.5) is 0 Å². The molecule has 1 aromatic heterocycles. The molecule has 0 bridgehead atoms. The van der Waals surface area contributed by atoms with Crippen LogP contribution in [0, 0.1) is 5.41 Å². The molecule has 2 rings (SSSR count). The molecule has 1 amide bonds. The molecule has 0 aromatic carbocycles. The van der Waals surface area contributed by atoms with Gasteiger partial charge < -0.3 is 10.0 Å². The molecule has 0 spiro atoms. The van der Waals surface area contributed by atoms with E-state index in [2.05, 4.69) is 20.9 Å². The lowest BCUT2D eigenvalue weighted by atomic mass is 9.90. The van der Waals surface area contributed by atoms with Crippen LogP contribution in [0.2, 0.25) is 0 Å². The van der Waals surface area contributed by atoms with Gasteiger partial charge in [-0.3, -0.25) is 9.59 Å². The monoisotopic (exact) mass is 312 g/mol. The molecule has 1 fully saturated rings. The van der Waals surface area contributed by atoms with Gasteiger partial charge in [0.05, 0.1) is 5.41 Å². The van der Waals surface area contributed by atoms with Crippen LogP contribution in [-0.4, -0.2) is 40.0 Å². The number of carboxylic acid groups (broad SMARTS) is 1. The fourth-order valence-corrected chi connectivity index (χ4v) is 2.21. The second kappa shape index (κ2) is 4.68. The zero-order chi connectivity index (χ0) is 13.3. The summed E-state index contributed by atoms with van der Waals surface area (Å²) in [5.41, 5.74) is -0.502. The molecule has 0 radical (unpaired) electrons. The standard InChI is InChI=1S/C12H13BrN2O3/c1-12(11(17)18)4-5-15(7-12)10(16)9-3-2-8(13)6-14-9/h2-3,6H,4-5,7H2,1H3,(H,17,18)/t12-/m1/s1. The number of likely N-dealkylation sites (tertiary alicyclic amines) is 1. The Labute approximate surface area is 113 Å². The summed E-state index contributed by atoms with van der Waals surface area (Å²) in [5.74, 6) is -1.07. The van der Waals surface area contributed by atoms with E-state index in [9.17, 15) is 9.59 Å². The zero-order valence-electron chi connectivity index (χ0n) is 9.89. The minimum absolute atomic E-state index is 0.215.